The van der Waals surface area contributed by atoms with Crippen LogP contribution >= 0.6 is 0 Å². The zero-order chi connectivity index (χ0) is 15.9. The van der Waals surface area contributed by atoms with Crippen LogP contribution < -0.4 is 0 Å². The van der Waals surface area contributed by atoms with Crippen molar-refractivity contribution in [3.8, 4) is 6.07 Å². The summed E-state index contributed by atoms with van der Waals surface area (Å²) in [6.07, 6.45) is -0.513. The van der Waals surface area contributed by atoms with E-state index in [0.29, 0.717) is 31.7 Å². The first-order chi connectivity index (χ1) is 10.7. The third-order valence-corrected chi connectivity index (χ3v) is 4.04. The van der Waals surface area contributed by atoms with Gasteiger partial charge in [0.05, 0.1) is 37.0 Å². The van der Waals surface area contributed by atoms with Crippen LogP contribution in [0.1, 0.15) is 11.1 Å². The number of benzene rings is 1. The summed E-state index contributed by atoms with van der Waals surface area (Å²) in [5.74, 6) is 0. The van der Waals surface area contributed by atoms with Crippen molar-refractivity contribution in [1.82, 2.24) is 9.80 Å². The van der Waals surface area contributed by atoms with Crippen molar-refractivity contribution in [1.29, 1.82) is 5.26 Å². The van der Waals surface area contributed by atoms with Crippen LogP contribution in [0, 0.1) is 11.3 Å². The Kier molecular flexibility index (Phi) is 6.31. The maximum absolute atomic E-state index is 10.1. The van der Waals surface area contributed by atoms with E-state index in [1.54, 1.807) is 12.1 Å². The quantitative estimate of drug-likeness (QED) is 0.672. The van der Waals surface area contributed by atoms with E-state index in [9.17, 15) is 15.3 Å². The van der Waals surface area contributed by atoms with Crippen LogP contribution in [-0.4, -0.2) is 76.7 Å². The number of nitriles is 1. The number of β-amino-alcohol motifs (C(OH)–C–C–N with tert-alkyl or cyclic N) is 1. The minimum atomic E-state index is -0.513. The molecule has 1 saturated heterocycles. The Balaban J connectivity index is 1.96. The summed E-state index contributed by atoms with van der Waals surface area (Å²) in [4.78, 5) is 4.08. The number of rotatable bonds is 5. The SMILES string of the molecule is N#Cc1ccc(CN2CCN(C(CO)CO)C[C@H](O)C2)cc1. The third-order valence-electron chi connectivity index (χ3n) is 4.04. The average Bonchev–Trinajstić information content (AvgIpc) is 2.71. The van der Waals surface area contributed by atoms with Crippen molar-refractivity contribution in [2.45, 2.75) is 18.7 Å². The fourth-order valence-corrected chi connectivity index (χ4v) is 2.79. The van der Waals surface area contributed by atoms with Crippen molar-refractivity contribution in [2.24, 2.45) is 0 Å². The fraction of sp³-hybridized carbons (Fsp3) is 0.562. The minimum absolute atomic E-state index is 0.112. The lowest BCUT2D eigenvalue weighted by molar-refractivity contribution is 0.0471. The first kappa shape index (κ1) is 16.9. The normalized spacial score (nSPS) is 20.8. The Morgan fingerprint density at radius 2 is 1.82 bits per heavy atom. The molecule has 1 aliphatic rings. The molecule has 1 aromatic rings. The lowest BCUT2D eigenvalue weighted by Gasteiger charge is -2.28. The molecule has 0 amide bonds. The molecular formula is C16H23N3O3. The first-order valence-electron chi connectivity index (χ1n) is 7.51. The van der Waals surface area contributed by atoms with Crippen LogP contribution in [0.15, 0.2) is 24.3 Å². The number of hydrogen-bond donors (Lipinski definition) is 3. The molecule has 0 aromatic heterocycles. The van der Waals surface area contributed by atoms with E-state index in [0.717, 1.165) is 12.1 Å². The molecule has 0 bridgehead atoms. The smallest absolute Gasteiger partial charge is 0.0991 e. The number of aliphatic hydroxyl groups excluding tert-OH is 3. The molecule has 1 heterocycles. The van der Waals surface area contributed by atoms with Gasteiger partial charge in [-0.15, -0.1) is 0 Å². The lowest BCUT2D eigenvalue weighted by atomic mass is 10.1. The van der Waals surface area contributed by atoms with E-state index in [1.165, 1.54) is 0 Å². The first-order valence-corrected chi connectivity index (χ1v) is 7.51. The second-order valence-electron chi connectivity index (χ2n) is 5.71. The highest BCUT2D eigenvalue weighted by Crippen LogP contribution is 2.12. The maximum atomic E-state index is 10.1. The molecule has 6 nitrogen and oxygen atoms in total. The molecule has 2 rings (SSSR count). The maximum Gasteiger partial charge on any atom is 0.0991 e. The van der Waals surface area contributed by atoms with E-state index in [4.69, 9.17) is 5.26 Å². The molecule has 0 unspecified atom stereocenters. The van der Waals surface area contributed by atoms with Crippen LogP contribution in [-0.2, 0) is 6.54 Å². The van der Waals surface area contributed by atoms with Crippen LogP contribution in [0.4, 0.5) is 0 Å². The molecule has 0 saturated carbocycles. The Hall–Kier alpha value is -1.49. The van der Waals surface area contributed by atoms with Gasteiger partial charge in [0.25, 0.3) is 0 Å². The van der Waals surface area contributed by atoms with Crippen LogP contribution in [0.5, 0.6) is 0 Å². The van der Waals surface area contributed by atoms with Gasteiger partial charge in [-0.05, 0) is 17.7 Å². The van der Waals surface area contributed by atoms with Gasteiger partial charge in [0.1, 0.15) is 0 Å². The molecule has 0 aliphatic carbocycles. The zero-order valence-corrected chi connectivity index (χ0v) is 12.6. The lowest BCUT2D eigenvalue weighted by Crippen LogP contribution is -2.44. The molecule has 1 aliphatic heterocycles. The molecule has 120 valence electrons. The van der Waals surface area contributed by atoms with E-state index in [1.807, 2.05) is 17.0 Å². The fourth-order valence-electron chi connectivity index (χ4n) is 2.79. The van der Waals surface area contributed by atoms with Crippen LogP contribution in [0.3, 0.4) is 0 Å². The topological polar surface area (TPSA) is 91.0 Å². The molecule has 1 atom stereocenters. The van der Waals surface area contributed by atoms with E-state index in [2.05, 4.69) is 11.0 Å². The standard InChI is InChI=1S/C16H23N3O3/c17-7-13-1-3-14(4-2-13)8-18-5-6-19(10-16(22)9-18)15(11-20)12-21/h1-4,15-16,20-22H,5-6,8-12H2/t16-/m1/s1. The van der Waals surface area contributed by atoms with Gasteiger partial charge in [-0.1, -0.05) is 12.1 Å². The van der Waals surface area contributed by atoms with Gasteiger partial charge in [-0.3, -0.25) is 9.80 Å². The largest absolute Gasteiger partial charge is 0.395 e. The van der Waals surface area contributed by atoms with Crippen molar-refractivity contribution in [2.75, 3.05) is 39.4 Å². The highest BCUT2D eigenvalue weighted by Gasteiger charge is 2.25. The second-order valence-corrected chi connectivity index (χ2v) is 5.71. The van der Waals surface area contributed by atoms with Gasteiger partial charge in [0.2, 0.25) is 0 Å². The predicted octanol–water partition coefficient (Wildman–Crippen LogP) is -0.610. The molecule has 0 radical (unpaired) electrons. The summed E-state index contributed by atoms with van der Waals surface area (Å²) in [5, 5.41) is 37.5. The van der Waals surface area contributed by atoms with Gasteiger partial charge >= 0.3 is 0 Å². The minimum Gasteiger partial charge on any atom is -0.395 e. The molecule has 3 N–H and O–H groups in total. The summed E-state index contributed by atoms with van der Waals surface area (Å²) >= 11 is 0. The molecule has 6 heteroatoms. The highest BCUT2D eigenvalue weighted by molar-refractivity contribution is 5.31. The van der Waals surface area contributed by atoms with E-state index >= 15 is 0 Å². The number of aliphatic hydroxyl groups is 3. The average molecular weight is 305 g/mol. The monoisotopic (exact) mass is 305 g/mol. The molecule has 1 aromatic carbocycles. The van der Waals surface area contributed by atoms with Gasteiger partial charge < -0.3 is 15.3 Å². The summed E-state index contributed by atoms with van der Waals surface area (Å²) in [6, 6.07) is 9.23. The van der Waals surface area contributed by atoms with Gasteiger partial charge in [-0.2, -0.15) is 5.26 Å². The molecule has 0 spiro atoms. The predicted molar refractivity (Wildman–Crippen MR) is 82.0 cm³/mol. The van der Waals surface area contributed by atoms with Crippen molar-refractivity contribution >= 4 is 0 Å². The summed E-state index contributed by atoms with van der Waals surface area (Å²) in [7, 11) is 0. The number of hydrogen-bond acceptors (Lipinski definition) is 6. The Morgan fingerprint density at radius 1 is 1.14 bits per heavy atom. The van der Waals surface area contributed by atoms with E-state index < -0.39 is 6.10 Å². The van der Waals surface area contributed by atoms with Gasteiger partial charge in [0.15, 0.2) is 0 Å². The van der Waals surface area contributed by atoms with Crippen LogP contribution in [0.2, 0.25) is 0 Å². The second kappa shape index (κ2) is 8.22. The summed E-state index contributed by atoms with van der Waals surface area (Å²) < 4.78 is 0. The zero-order valence-electron chi connectivity index (χ0n) is 12.6. The Labute approximate surface area is 130 Å². The Morgan fingerprint density at radius 3 is 2.41 bits per heavy atom. The van der Waals surface area contributed by atoms with Crippen molar-refractivity contribution in [3.05, 3.63) is 35.4 Å². The molecule has 1 fully saturated rings. The Bertz CT molecular complexity index is 496. The van der Waals surface area contributed by atoms with Crippen molar-refractivity contribution < 1.29 is 15.3 Å². The summed E-state index contributed by atoms with van der Waals surface area (Å²) in [6.45, 7) is 2.94. The summed E-state index contributed by atoms with van der Waals surface area (Å²) in [5.41, 5.74) is 1.74. The molecule has 22 heavy (non-hydrogen) atoms. The van der Waals surface area contributed by atoms with Gasteiger partial charge in [0, 0.05) is 32.7 Å². The number of nitrogens with zero attached hydrogens (tertiary/aromatic N) is 3. The van der Waals surface area contributed by atoms with Crippen molar-refractivity contribution in [3.63, 3.8) is 0 Å². The van der Waals surface area contributed by atoms with Gasteiger partial charge in [-0.25, -0.2) is 0 Å². The molecular weight excluding hydrogens is 282 g/mol. The van der Waals surface area contributed by atoms with E-state index in [-0.39, 0.29) is 19.3 Å². The highest BCUT2D eigenvalue weighted by atomic mass is 16.3. The third kappa shape index (κ3) is 4.50. The van der Waals surface area contributed by atoms with Crippen LogP contribution in [0.25, 0.3) is 0 Å².